The van der Waals surface area contributed by atoms with Gasteiger partial charge in [-0.05, 0) is 29.8 Å². The lowest BCUT2D eigenvalue weighted by Gasteiger charge is -2.11. The minimum Gasteiger partial charge on any atom is -0.454 e. The Bertz CT molecular complexity index is 1550. The molecule has 0 saturated heterocycles. The molecule has 1 aliphatic heterocycles. The normalized spacial score (nSPS) is 12.4. The van der Waals surface area contributed by atoms with Crippen molar-refractivity contribution >= 4 is 22.7 Å². The zero-order valence-corrected chi connectivity index (χ0v) is 18.7. The van der Waals surface area contributed by atoms with Crippen LogP contribution in [0.2, 0.25) is 0 Å². The van der Waals surface area contributed by atoms with Gasteiger partial charge in [0.05, 0.1) is 17.8 Å². The van der Waals surface area contributed by atoms with Gasteiger partial charge in [-0.3, -0.25) is 9.36 Å². The molecule has 0 aliphatic carbocycles. The molecule has 1 aliphatic rings. The summed E-state index contributed by atoms with van der Waals surface area (Å²) in [6.07, 6.45) is 0. The summed E-state index contributed by atoms with van der Waals surface area (Å²) in [7, 11) is 0. The maximum absolute atomic E-state index is 12.8. The first-order valence-electron chi connectivity index (χ1n) is 10.6. The van der Waals surface area contributed by atoms with E-state index in [1.54, 1.807) is 12.1 Å². The highest BCUT2D eigenvalue weighted by Gasteiger charge is 2.18. The molecule has 34 heavy (non-hydrogen) atoms. The van der Waals surface area contributed by atoms with E-state index in [0.717, 1.165) is 28.5 Å². The summed E-state index contributed by atoms with van der Waals surface area (Å²) < 4.78 is 14.3. The Morgan fingerprint density at radius 1 is 0.882 bits per heavy atom. The van der Waals surface area contributed by atoms with Crippen molar-refractivity contribution in [1.82, 2.24) is 29.8 Å². The first kappa shape index (κ1) is 20.4. The summed E-state index contributed by atoms with van der Waals surface area (Å²) >= 11 is 1.38. The van der Waals surface area contributed by atoms with Crippen LogP contribution in [0.4, 0.5) is 0 Å². The molecule has 10 heteroatoms. The molecule has 0 amide bonds. The van der Waals surface area contributed by atoms with Crippen LogP contribution in [0.5, 0.6) is 11.5 Å². The number of rotatable bonds is 6. The zero-order valence-electron chi connectivity index (χ0n) is 17.9. The van der Waals surface area contributed by atoms with Gasteiger partial charge in [0.25, 0.3) is 5.56 Å². The quantitative estimate of drug-likeness (QED) is 0.348. The number of nitrogens with zero attached hydrogens (tertiary/aromatic N) is 6. The highest BCUT2D eigenvalue weighted by atomic mass is 32.2. The van der Waals surface area contributed by atoms with E-state index in [-0.39, 0.29) is 18.2 Å². The summed E-state index contributed by atoms with van der Waals surface area (Å²) in [5.41, 5.74) is 2.35. The first-order chi connectivity index (χ1) is 16.8. The van der Waals surface area contributed by atoms with Gasteiger partial charge in [-0.15, -0.1) is 15.3 Å². The summed E-state index contributed by atoms with van der Waals surface area (Å²) in [6, 6.07) is 22.9. The molecule has 0 atom stereocenters. The second kappa shape index (κ2) is 8.64. The standard InChI is InChI=1S/C24H18N6O3S/c31-23-18-8-4-5-9-19(18)25-28-30(23)14-34-24-27-26-22(17-6-2-1-3-7-17)29(24)13-16-10-11-20-21(12-16)33-15-32-20/h1-12H,13-15H2. The molecule has 0 spiro atoms. The molecule has 3 aromatic carbocycles. The van der Waals surface area contributed by atoms with Crippen LogP contribution < -0.4 is 15.0 Å². The number of hydrogen-bond acceptors (Lipinski definition) is 8. The maximum atomic E-state index is 12.8. The Kier molecular flexibility index (Phi) is 5.19. The lowest BCUT2D eigenvalue weighted by atomic mass is 10.2. The smallest absolute Gasteiger partial charge is 0.278 e. The van der Waals surface area contributed by atoms with Gasteiger partial charge >= 0.3 is 0 Å². The van der Waals surface area contributed by atoms with Crippen LogP contribution in [0.3, 0.4) is 0 Å². The molecule has 0 saturated carbocycles. The van der Waals surface area contributed by atoms with Crippen LogP contribution in [-0.2, 0) is 12.4 Å². The van der Waals surface area contributed by atoms with Gasteiger partial charge in [0.2, 0.25) is 6.79 Å². The predicted molar refractivity (Wildman–Crippen MR) is 127 cm³/mol. The van der Waals surface area contributed by atoms with Gasteiger partial charge in [0.15, 0.2) is 22.5 Å². The van der Waals surface area contributed by atoms with Crippen LogP contribution in [0.25, 0.3) is 22.3 Å². The average molecular weight is 471 g/mol. The minimum atomic E-state index is -0.191. The highest BCUT2D eigenvalue weighted by molar-refractivity contribution is 7.98. The highest BCUT2D eigenvalue weighted by Crippen LogP contribution is 2.33. The largest absolute Gasteiger partial charge is 0.454 e. The van der Waals surface area contributed by atoms with Crippen molar-refractivity contribution in [3.8, 4) is 22.9 Å². The second-order valence-electron chi connectivity index (χ2n) is 7.63. The molecule has 0 fully saturated rings. The fourth-order valence-corrected chi connectivity index (χ4v) is 4.60. The van der Waals surface area contributed by atoms with Crippen LogP contribution in [0.15, 0.2) is 82.7 Å². The van der Waals surface area contributed by atoms with Crippen LogP contribution >= 0.6 is 11.8 Å². The van der Waals surface area contributed by atoms with Gasteiger partial charge in [0, 0.05) is 5.56 Å². The molecule has 0 N–H and O–H groups in total. The Morgan fingerprint density at radius 3 is 2.62 bits per heavy atom. The Labute approximate surface area is 198 Å². The van der Waals surface area contributed by atoms with Crippen LogP contribution in [0, 0.1) is 0 Å². The van der Waals surface area contributed by atoms with Gasteiger partial charge in [-0.25, -0.2) is 0 Å². The Balaban J connectivity index is 1.34. The monoisotopic (exact) mass is 470 g/mol. The Hall–Kier alpha value is -4.18. The number of thioether (sulfide) groups is 1. The fourth-order valence-electron chi connectivity index (χ4n) is 3.79. The molecule has 6 rings (SSSR count). The van der Waals surface area contributed by atoms with E-state index in [2.05, 4.69) is 20.5 Å². The van der Waals surface area contributed by atoms with E-state index in [9.17, 15) is 4.79 Å². The van der Waals surface area contributed by atoms with E-state index in [4.69, 9.17) is 9.47 Å². The van der Waals surface area contributed by atoms with E-state index in [0.29, 0.717) is 22.6 Å². The number of aromatic nitrogens is 6. The van der Waals surface area contributed by atoms with Crippen molar-refractivity contribution in [2.24, 2.45) is 0 Å². The predicted octanol–water partition coefficient (Wildman–Crippen LogP) is 3.58. The summed E-state index contributed by atoms with van der Waals surface area (Å²) in [4.78, 5) is 12.8. The van der Waals surface area contributed by atoms with Crippen molar-refractivity contribution in [1.29, 1.82) is 0 Å². The number of hydrogen-bond donors (Lipinski definition) is 0. The minimum absolute atomic E-state index is 0.191. The molecular formula is C24H18N6O3S. The van der Waals surface area contributed by atoms with E-state index in [1.165, 1.54) is 16.4 Å². The van der Waals surface area contributed by atoms with Crippen molar-refractivity contribution < 1.29 is 9.47 Å². The third-order valence-corrected chi connectivity index (χ3v) is 6.41. The summed E-state index contributed by atoms with van der Waals surface area (Å²) in [5.74, 6) is 2.45. The fraction of sp³-hybridized carbons (Fsp3) is 0.125. The average Bonchev–Trinajstić information content (AvgIpc) is 3.51. The van der Waals surface area contributed by atoms with Gasteiger partial charge in [-0.1, -0.05) is 65.5 Å². The third-order valence-electron chi connectivity index (χ3n) is 5.47. The zero-order chi connectivity index (χ0) is 22.9. The molecule has 168 valence electrons. The molecule has 9 nitrogen and oxygen atoms in total. The van der Waals surface area contributed by atoms with Gasteiger partial charge < -0.3 is 9.47 Å². The number of ether oxygens (including phenoxy) is 2. The topological polar surface area (TPSA) is 97.0 Å². The Morgan fingerprint density at radius 2 is 1.71 bits per heavy atom. The number of fused-ring (bicyclic) bond motifs is 2. The lowest BCUT2D eigenvalue weighted by Crippen LogP contribution is -2.23. The molecule has 2 aromatic heterocycles. The van der Waals surface area contributed by atoms with E-state index >= 15 is 0 Å². The van der Waals surface area contributed by atoms with Gasteiger partial charge in [-0.2, -0.15) is 4.68 Å². The molecule has 5 aromatic rings. The van der Waals surface area contributed by atoms with Crippen molar-refractivity contribution in [2.75, 3.05) is 6.79 Å². The summed E-state index contributed by atoms with van der Waals surface area (Å²) in [5, 5.41) is 18.3. The molecular weight excluding hydrogens is 452 g/mol. The number of benzene rings is 3. The van der Waals surface area contributed by atoms with E-state index < -0.39 is 0 Å². The van der Waals surface area contributed by atoms with Crippen molar-refractivity contribution in [3.63, 3.8) is 0 Å². The molecule has 0 radical (unpaired) electrons. The first-order valence-corrected chi connectivity index (χ1v) is 11.6. The molecule has 3 heterocycles. The lowest BCUT2D eigenvalue weighted by molar-refractivity contribution is 0.174. The SMILES string of the molecule is O=c1c2ccccc2nnn1CSc1nnc(-c2ccccc2)n1Cc1ccc2c(c1)OCO2. The third kappa shape index (κ3) is 3.77. The second-order valence-corrected chi connectivity index (χ2v) is 8.54. The van der Waals surface area contributed by atoms with E-state index in [1.807, 2.05) is 65.2 Å². The molecule has 0 unspecified atom stereocenters. The van der Waals surface area contributed by atoms with Crippen LogP contribution in [-0.4, -0.2) is 36.6 Å². The van der Waals surface area contributed by atoms with Crippen molar-refractivity contribution in [3.05, 3.63) is 88.7 Å². The maximum Gasteiger partial charge on any atom is 0.278 e. The molecule has 0 bridgehead atoms. The van der Waals surface area contributed by atoms with Crippen molar-refractivity contribution in [2.45, 2.75) is 17.6 Å². The summed E-state index contributed by atoms with van der Waals surface area (Å²) in [6.45, 7) is 0.748. The van der Waals surface area contributed by atoms with Gasteiger partial charge in [0.1, 0.15) is 5.52 Å². The van der Waals surface area contributed by atoms with Crippen LogP contribution in [0.1, 0.15) is 5.56 Å².